The maximum absolute atomic E-state index is 4.99. The SMILES string of the molecule is C#Cc1cn[c]s1. The first kappa shape index (κ1) is 4.35. The summed E-state index contributed by atoms with van der Waals surface area (Å²) in [6, 6.07) is 0. The summed E-state index contributed by atoms with van der Waals surface area (Å²) in [6.45, 7) is 0. The summed E-state index contributed by atoms with van der Waals surface area (Å²) in [6.07, 6.45) is 6.61. The van der Waals surface area contributed by atoms with Crippen LogP contribution in [-0.2, 0) is 0 Å². The second kappa shape index (κ2) is 1.76. The Hall–Kier alpha value is -0.810. The molecular weight excluding hydrogens is 106 g/mol. The first-order valence-electron chi connectivity index (χ1n) is 1.72. The van der Waals surface area contributed by atoms with E-state index in [4.69, 9.17) is 6.42 Å². The fourth-order valence-electron chi connectivity index (χ4n) is 0.254. The lowest BCUT2D eigenvalue weighted by molar-refractivity contribution is 1.40. The van der Waals surface area contributed by atoms with Gasteiger partial charge in [0.25, 0.3) is 0 Å². The molecule has 0 bridgehead atoms. The van der Waals surface area contributed by atoms with Crippen molar-refractivity contribution in [3.8, 4) is 12.3 Å². The van der Waals surface area contributed by atoms with Crippen LogP contribution in [0.5, 0.6) is 0 Å². The zero-order valence-electron chi connectivity index (χ0n) is 3.51. The Balaban J connectivity index is 3.04. The van der Waals surface area contributed by atoms with E-state index in [1.54, 1.807) is 6.20 Å². The van der Waals surface area contributed by atoms with Gasteiger partial charge in [0.15, 0.2) is 5.51 Å². The molecule has 0 amide bonds. The van der Waals surface area contributed by atoms with Gasteiger partial charge in [0.05, 0.1) is 11.1 Å². The van der Waals surface area contributed by atoms with Crippen molar-refractivity contribution < 1.29 is 0 Å². The van der Waals surface area contributed by atoms with Crippen molar-refractivity contribution in [2.45, 2.75) is 0 Å². The number of rotatable bonds is 0. The monoisotopic (exact) mass is 108 g/mol. The van der Waals surface area contributed by atoms with E-state index in [1.165, 1.54) is 11.3 Å². The summed E-state index contributed by atoms with van der Waals surface area (Å²) >= 11 is 1.35. The van der Waals surface area contributed by atoms with Crippen molar-refractivity contribution in [1.82, 2.24) is 4.98 Å². The minimum atomic E-state index is 0.833. The molecule has 0 saturated heterocycles. The Morgan fingerprint density at radius 3 is 3.14 bits per heavy atom. The predicted molar refractivity (Wildman–Crippen MR) is 28.9 cm³/mol. The summed E-state index contributed by atoms with van der Waals surface area (Å²) in [5.74, 6) is 2.43. The van der Waals surface area contributed by atoms with Crippen LogP contribution >= 0.6 is 11.3 Å². The van der Waals surface area contributed by atoms with Crippen LogP contribution in [0.15, 0.2) is 6.20 Å². The average molecular weight is 108 g/mol. The van der Waals surface area contributed by atoms with Crippen LogP contribution < -0.4 is 0 Å². The van der Waals surface area contributed by atoms with Gasteiger partial charge in [-0.2, -0.15) is 0 Å². The van der Waals surface area contributed by atoms with Gasteiger partial charge in [-0.05, 0) is 0 Å². The molecule has 2 heteroatoms. The molecule has 0 aliphatic heterocycles. The van der Waals surface area contributed by atoms with Crippen LogP contribution in [-0.4, -0.2) is 4.98 Å². The Morgan fingerprint density at radius 2 is 2.86 bits per heavy atom. The van der Waals surface area contributed by atoms with Crippen molar-refractivity contribution in [3.63, 3.8) is 0 Å². The number of hydrogen-bond acceptors (Lipinski definition) is 2. The molecule has 1 radical (unpaired) electrons. The summed E-state index contributed by atoms with van der Waals surface area (Å²) < 4.78 is 0. The highest BCUT2D eigenvalue weighted by molar-refractivity contribution is 7.09. The molecule has 0 spiro atoms. The van der Waals surface area contributed by atoms with Crippen molar-refractivity contribution in [3.05, 3.63) is 16.6 Å². The molecule has 1 rings (SSSR count). The standard InChI is InChI=1S/C5H2NS/c1-2-5-3-6-4-7-5/h1,3H. The summed E-state index contributed by atoms with van der Waals surface area (Å²) in [5, 5.41) is 0. The summed E-state index contributed by atoms with van der Waals surface area (Å²) in [5.41, 5.74) is 2.63. The number of terminal acetylenes is 1. The van der Waals surface area contributed by atoms with E-state index in [-0.39, 0.29) is 0 Å². The van der Waals surface area contributed by atoms with Gasteiger partial charge in [-0.15, -0.1) is 17.8 Å². The van der Waals surface area contributed by atoms with E-state index in [0.29, 0.717) is 0 Å². The van der Waals surface area contributed by atoms with Gasteiger partial charge in [0.2, 0.25) is 0 Å². The van der Waals surface area contributed by atoms with E-state index in [9.17, 15) is 0 Å². The first-order valence-corrected chi connectivity index (χ1v) is 2.53. The van der Waals surface area contributed by atoms with Gasteiger partial charge in [-0.25, -0.2) is 4.98 Å². The molecule has 7 heavy (non-hydrogen) atoms. The molecule has 0 atom stereocenters. The topological polar surface area (TPSA) is 12.9 Å². The third-order valence-corrected chi connectivity index (χ3v) is 1.17. The average Bonchev–Trinajstić information content (AvgIpc) is 2.14. The smallest absolute Gasteiger partial charge is 0.153 e. The van der Waals surface area contributed by atoms with E-state index in [0.717, 1.165) is 4.88 Å². The second-order valence-electron chi connectivity index (χ2n) is 0.960. The maximum Gasteiger partial charge on any atom is 0.153 e. The first-order chi connectivity index (χ1) is 3.43. The van der Waals surface area contributed by atoms with Gasteiger partial charge in [0.1, 0.15) is 0 Å². The van der Waals surface area contributed by atoms with E-state index < -0.39 is 0 Å². The minimum Gasteiger partial charge on any atom is -0.241 e. The van der Waals surface area contributed by atoms with Crippen molar-refractivity contribution in [2.75, 3.05) is 0 Å². The molecule has 1 aromatic heterocycles. The Morgan fingerprint density at radius 1 is 2.00 bits per heavy atom. The highest BCUT2D eigenvalue weighted by Crippen LogP contribution is 1.99. The molecule has 33 valence electrons. The number of aromatic nitrogens is 1. The normalized spacial score (nSPS) is 7.86. The van der Waals surface area contributed by atoms with Gasteiger partial charge < -0.3 is 0 Å². The van der Waals surface area contributed by atoms with E-state index in [1.807, 2.05) is 0 Å². The molecule has 0 unspecified atom stereocenters. The van der Waals surface area contributed by atoms with Gasteiger partial charge in [-0.3, -0.25) is 0 Å². The van der Waals surface area contributed by atoms with E-state index >= 15 is 0 Å². The fourth-order valence-corrected chi connectivity index (χ4v) is 0.622. The van der Waals surface area contributed by atoms with Crippen LogP contribution in [0.2, 0.25) is 0 Å². The van der Waals surface area contributed by atoms with Crippen LogP contribution in [0.1, 0.15) is 4.88 Å². The van der Waals surface area contributed by atoms with Crippen LogP contribution in [0.25, 0.3) is 0 Å². The predicted octanol–water partition coefficient (Wildman–Crippen LogP) is 0.925. The van der Waals surface area contributed by atoms with Crippen LogP contribution in [0.3, 0.4) is 0 Å². The lowest BCUT2D eigenvalue weighted by atomic mass is 10.6. The highest BCUT2D eigenvalue weighted by atomic mass is 32.1. The lowest BCUT2D eigenvalue weighted by Gasteiger charge is -1.64. The third kappa shape index (κ3) is 0.787. The molecule has 0 N–H and O–H groups in total. The molecule has 0 saturated carbocycles. The zero-order valence-corrected chi connectivity index (χ0v) is 4.33. The molecule has 0 fully saturated rings. The molecule has 1 nitrogen and oxygen atoms in total. The van der Waals surface area contributed by atoms with Crippen molar-refractivity contribution >= 4 is 11.3 Å². The largest absolute Gasteiger partial charge is 0.241 e. The van der Waals surface area contributed by atoms with Crippen molar-refractivity contribution in [2.24, 2.45) is 0 Å². The summed E-state index contributed by atoms with van der Waals surface area (Å²) in [7, 11) is 0. The van der Waals surface area contributed by atoms with Crippen molar-refractivity contribution in [1.29, 1.82) is 0 Å². The molecular formula is C5H2NS. The summed E-state index contributed by atoms with van der Waals surface area (Å²) in [4.78, 5) is 4.48. The lowest BCUT2D eigenvalue weighted by Crippen LogP contribution is -1.53. The zero-order chi connectivity index (χ0) is 5.11. The van der Waals surface area contributed by atoms with Gasteiger partial charge >= 0.3 is 0 Å². The van der Waals surface area contributed by atoms with Gasteiger partial charge in [0, 0.05) is 0 Å². The fraction of sp³-hybridized carbons (Fsp3) is 0. The third-order valence-electron chi connectivity index (χ3n) is 0.532. The molecule has 0 aromatic carbocycles. The second-order valence-corrected chi connectivity index (χ2v) is 1.79. The van der Waals surface area contributed by atoms with Crippen LogP contribution in [0.4, 0.5) is 0 Å². The van der Waals surface area contributed by atoms with Crippen LogP contribution in [0, 0.1) is 17.9 Å². The Labute approximate surface area is 46.0 Å². The number of thiazole rings is 1. The quantitative estimate of drug-likeness (QED) is 0.450. The minimum absolute atomic E-state index is 0.833. The Bertz CT molecular complexity index is 170. The molecule has 0 aliphatic carbocycles. The highest BCUT2D eigenvalue weighted by Gasteiger charge is 1.81. The molecule has 1 heterocycles. The Kier molecular flexibility index (Phi) is 1.10. The van der Waals surface area contributed by atoms with E-state index in [2.05, 4.69) is 16.4 Å². The molecule has 1 aromatic rings. The number of nitrogens with zero attached hydrogens (tertiary/aromatic N) is 1. The van der Waals surface area contributed by atoms with Gasteiger partial charge in [-0.1, -0.05) is 5.92 Å². The number of hydrogen-bond donors (Lipinski definition) is 0. The maximum atomic E-state index is 4.99. The molecule has 0 aliphatic rings.